The molecular weight excluding hydrogens is 234 g/mol. The van der Waals surface area contributed by atoms with E-state index in [1.807, 2.05) is 6.92 Å². The number of aromatic nitrogens is 1. The first-order valence-electron chi connectivity index (χ1n) is 6.63. The molecule has 0 radical (unpaired) electrons. The Labute approximate surface area is 115 Å². The number of aryl methyl sites for hydroxylation is 1. The van der Waals surface area contributed by atoms with Crippen LogP contribution in [-0.4, -0.2) is 24.6 Å². The third-order valence-electron chi connectivity index (χ3n) is 3.16. The molecule has 0 bridgehead atoms. The van der Waals surface area contributed by atoms with Crippen LogP contribution in [0, 0.1) is 6.92 Å². The smallest absolute Gasteiger partial charge is 0.0758 e. The quantitative estimate of drug-likeness (QED) is 0.919. The van der Waals surface area contributed by atoms with E-state index in [2.05, 4.69) is 57.1 Å². The number of benzene rings is 1. The van der Waals surface area contributed by atoms with Crippen LogP contribution in [0.15, 0.2) is 24.3 Å². The maximum Gasteiger partial charge on any atom is 0.0758 e. The molecule has 3 nitrogen and oxygen atoms in total. The average Bonchev–Trinajstić information content (AvgIpc) is 2.27. The molecule has 0 unspecified atom stereocenters. The van der Waals surface area contributed by atoms with Crippen molar-refractivity contribution in [1.82, 2.24) is 4.98 Å². The van der Waals surface area contributed by atoms with E-state index in [-0.39, 0.29) is 5.54 Å². The van der Waals surface area contributed by atoms with Gasteiger partial charge in [-0.25, -0.2) is 0 Å². The van der Waals surface area contributed by atoms with Gasteiger partial charge >= 0.3 is 0 Å². The predicted molar refractivity (Wildman–Crippen MR) is 82.8 cm³/mol. The van der Waals surface area contributed by atoms with Crippen molar-refractivity contribution in [2.75, 3.05) is 19.0 Å². The van der Waals surface area contributed by atoms with E-state index >= 15 is 0 Å². The van der Waals surface area contributed by atoms with E-state index < -0.39 is 0 Å². The maximum absolute atomic E-state index is 6.16. The summed E-state index contributed by atoms with van der Waals surface area (Å²) in [6.07, 6.45) is 0.827. The first kappa shape index (κ1) is 13.8. The third kappa shape index (κ3) is 3.04. The summed E-state index contributed by atoms with van der Waals surface area (Å²) in [4.78, 5) is 6.85. The minimum Gasteiger partial charge on any atom is -0.377 e. The molecule has 3 heteroatoms. The first-order chi connectivity index (χ1) is 8.78. The van der Waals surface area contributed by atoms with E-state index in [1.165, 1.54) is 16.6 Å². The van der Waals surface area contributed by atoms with Crippen molar-refractivity contribution >= 4 is 16.6 Å². The van der Waals surface area contributed by atoms with Crippen molar-refractivity contribution in [3.8, 4) is 0 Å². The van der Waals surface area contributed by atoms with Crippen LogP contribution >= 0.6 is 0 Å². The molecule has 2 N–H and O–H groups in total. The molecule has 2 aromatic rings. The molecular formula is C16H23N3. The number of nitrogens with zero attached hydrogens (tertiary/aromatic N) is 2. The third-order valence-corrected chi connectivity index (χ3v) is 3.16. The Kier molecular flexibility index (Phi) is 3.50. The number of anilines is 1. The van der Waals surface area contributed by atoms with E-state index in [0.717, 1.165) is 17.6 Å². The lowest BCUT2D eigenvalue weighted by Gasteiger charge is -2.21. The fourth-order valence-corrected chi connectivity index (χ4v) is 2.42. The first-order valence-corrected chi connectivity index (χ1v) is 6.63. The molecule has 0 saturated carbocycles. The zero-order valence-corrected chi connectivity index (χ0v) is 12.5. The van der Waals surface area contributed by atoms with Crippen LogP contribution in [0.5, 0.6) is 0 Å². The van der Waals surface area contributed by atoms with Crippen LogP contribution in [-0.2, 0) is 6.42 Å². The molecule has 0 aliphatic carbocycles. The molecule has 102 valence electrons. The molecule has 0 aliphatic heterocycles. The van der Waals surface area contributed by atoms with Crippen molar-refractivity contribution in [3.63, 3.8) is 0 Å². The summed E-state index contributed by atoms with van der Waals surface area (Å²) in [6.45, 7) is 6.14. The van der Waals surface area contributed by atoms with Crippen molar-refractivity contribution < 1.29 is 0 Å². The van der Waals surface area contributed by atoms with Crippen LogP contribution in [0.1, 0.15) is 25.1 Å². The van der Waals surface area contributed by atoms with Crippen molar-refractivity contribution in [3.05, 3.63) is 35.5 Å². The Hall–Kier alpha value is -1.61. The molecule has 1 aromatic heterocycles. The molecule has 19 heavy (non-hydrogen) atoms. The molecule has 0 amide bonds. The summed E-state index contributed by atoms with van der Waals surface area (Å²) in [6, 6.07) is 8.47. The molecule has 0 spiro atoms. The highest BCUT2D eigenvalue weighted by Gasteiger charge is 2.16. The van der Waals surface area contributed by atoms with Gasteiger partial charge in [0.05, 0.1) is 5.52 Å². The molecule has 1 aromatic carbocycles. The van der Waals surface area contributed by atoms with E-state index in [9.17, 15) is 0 Å². The van der Waals surface area contributed by atoms with Gasteiger partial charge < -0.3 is 10.6 Å². The van der Waals surface area contributed by atoms with Crippen molar-refractivity contribution in [1.29, 1.82) is 0 Å². The second kappa shape index (κ2) is 4.82. The number of fused-ring (bicyclic) bond motifs is 1. The van der Waals surface area contributed by atoms with Gasteiger partial charge in [-0.3, -0.25) is 4.98 Å². The van der Waals surface area contributed by atoms with Crippen LogP contribution in [0.25, 0.3) is 10.9 Å². The SMILES string of the molecule is Cc1cc(N(C)C)c2cccc(CC(C)(C)N)c2n1. The van der Waals surface area contributed by atoms with Crippen molar-refractivity contribution in [2.45, 2.75) is 32.7 Å². The molecule has 0 atom stereocenters. The van der Waals surface area contributed by atoms with Crippen LogP contribution in [0.2, 0.25) is 0 Å². The number of rotatable bonds is 3. The summed E-state index contributed by atoms with van der Waals surface area (Å²) < 4.78 is 0. The van der Waals surface area contributed by atoms with Gasteiger partial charge in [0.25, 0.3) is 0 Å². The normalized spacial score (nSPS) is 11.9. The van der Waals surface area contributed by atoms with Gasteiger partial charge in [-0.05, 0) is 38.8 Å². The van der Waals surface area contributed by atoms with Gasteiger partial charge in [0.2, 0.25) is 0 Å². The summed E-state index contributed by atoms with van der Waals surface area (Å²) in [7, 11) is 4.13. The monoisotopic (exact) mass is 257 g/mol. The number of para-hydroxylation sites is 1. The number of pyridine rings is 1. The fraction of sp³-hybridized carbons (Fsp3) is 0.438. The van der Waals surface area contributed by atoms with Gasteiger partial charge in [0, 0.05) is 36.4 Å². The lowest BCUT2D eigenvalue weighted by Crippen LogP contribution is -2.34. The predicted octanol–water partition coefficient (Wildman–Crippen LogP) is 2.89. The second-order valence-corrected chi connectivity index (χ2v) is 6.16. The van der Waals surface area contributed by atoms with Gasteiger partial charge in [0.1, 0.15) is 0 Å². The number of nitrogens with two attached hydrogens (primary N) is 1. The molecule has 1 heterocycles. The Morgan fingerprint density at radius 3 is 2.53 bits per heavy atom. The molecule has 0 fully saturated rings. The zero-order chi connectivity index (χ0) is 14.2. The topological polar surface area (TPSA) is 42.1 Å². The van der Waals surface area contributed by atoms with Crippen LogP contribution in [0.3, 0.4) is 0 Å². The van der Waals surface area contributed by atoms with Gasteiger partial charge in [-0.15, -0.1) is 0 Å². The highest BCUT2D eigenvalue weighted by atomic mass is 15.1. The van der Waals surface area contributed by atoms with Crippen LogP contribution < -0.4 is 10.6 Å². The molecule has 2 rings (SSSR count). The van der Waals surface area contributed by atoms with Crippen molar-refractivity contribution in [2.24, 2.45) is 5.73 Å². The fourth-order valence-electron chi connectivity index (χ4n) is 2.42. The lowest BCUT2D eigenvalue weighted by atomic mass is 9.94. The second-order valence-electron chi connectivity index (χ2n) is 6.16. The Bertz CT molecular complexity index is 595. The Morgan fingerprint density at radius 2 is 1.95 bits per heavy atom. The van der Waals surface area contributed by atoms with Gasteiger partial charge in [0.15, 0.2) is 0 Å². The average molecular weight is 257 g/mol. The van der Waals surface area contributed by atoms with Gasteiger partial charge in [-0.1, -0.05) is 18.2 Å². The molecule has 0 aliphatic rings. The summed E-state index contributed by atoms with van der Waals surface area (Å²) in [5, 5.41) is 1.19. The van der Waals surface area contributed by atoms with Gasteiger partial charge in [-0.2, -0.15) is 0 Å². The highest BCUT2D eigenvalue weighted by Crippen LogP contribution is 2.28. The summed E-state index contributed by atoms with van der Waals surface area (Å²) in [5.41, 5.74) is 10.5. The minimum absolute atomic E-state index is 0.224. The van der Waals surface area contributed by atoms with E-state index in [1.54, 1.807) is 0 Å². The summed E-state index contributed by atoms with van der Waals surface area (Å²) in [5.74, 6) is 0. The lowest BCUT2D eigenvalue weighted by molar-refractivity contribution is 0.518. The minimum atomic E-state index is -0.224. The highest BCUT2D eigenvalue weighted by molar-refractivity contribution is 5.93. The van der Waals surface area contributed by atoms with E-state index in [4.69, 9.17) is 10.7 Å². The standard InChI is InChI=1S/C16H23N3/c1-11-9-14(19(4)5)13-8-6-7-12(15(13)18-11)10-16(2,3)17/h6-9H,10,17H2,1-5H3. The Balaban J connectivity index is 2.68. The zero-order valence-electron chi connectivity index (χ0n) is 12.5. The van der Waals surface area contributed by atoms with Crippen LogP contribution in [0.4, 0.5) is 5.69 Å². The number of hydrogen-bond donors (Lipinski definition) is 1. The Morgan fingerprint density at radius 1 is 1.26 bits per heavy atom. The number of hydrogen-bond acceptors (Lipinski definition) is 3. The van der Waals surface area contributed by atoms with E-state index in [0.29, 0.717) is 0 Å². The largest absolute Gasteiger partial charge is 0.377 e. The maximum atomic E-state index is 6.16. The summed E-state index contributed by atoms with van der Waals surface area (Å²) >= 11 is 0. The molecule has 0 saturated heterocycles.